The molecule has 0 N–H and O–H groups in total. The van der Waals surface area contributed by atoms with E-state index in [9.17, 15) is 4.79 Å². The van der Waals surface area contributed by atoms with Gasteiger partial charge in [-0.25, -0.2) is 4.79 Å². The van der Waals surface area contributed by atoms with Crippen LogP contribution in [0.3, 0.4) is 0 Å². The molecule has 5 atom stereocenters. The van der Waals surface area contributed by atoms with Gasteiger partial charge in [0.05, 0.1) is 19.8 Å². The summed E-state index contributed by atoms with van der Waals surface area (Å²) in [6, 6.07) is 0. The van der Waals surface area contributed by atoms with Gasteiger partial charge in [0, 0.05) is 26.4 Å². The Bertz CT molecular complexity index is 653. The van der Waals surface area contributed by atoms with Gasteiger partial charge in [-0.15, -0.1) is 0 Å². The van der Waals surface area contributed by atoms with Gasteiger partial charge >= 0.3 is 11.9 Å². The van der Waals surface area contributed by atoms with Crippen LogP contribution in [-0.2, 0) is 38.0 Å². The van der Waals surface area contributed by atoms with Crippen LogP contribution >= 0.6 is 0 Å². The summed E-state index contributed by atoms with van der Waals surface area (Å²) < 4.78 is 74.5. The maximum Gasteiger partial charge on any atom is 0.397 e. The SMILES string of the molecule is CCCCOCC1O[C@@](OCCCC)(C(F)(F)C(=O)OCC)[C@H](OCCCC)[C@@H](OCCCC)[C@H]1OCCCC. The van der Waals surface area contributed by atoms with Gasteiger partial charge in [0.2, 0.25) is 0 Å². The Kier molecular flexibility index (Phi) is 19.4. The number of hydrogen-bond donors (Lipinski definition) is 0. The molecule has 0 radical (unpaired) electrons. The number of carbonyl (C=O) groups is 1. The van der Waals surface area contributed by atoms with E-state index < -0.39 is 42.1 Å². The zero-order valence-electron chi connectivity index (χ0n) is 25.9. The highest BCUT2D eigenvalue weighted by Crippen LogP contribution is 2.46. The summed E-state index contributed by atoms with van der Waals surface area (Å²) in [6.45, 7) is 12.5. The van der Waals surface area contributed by atoms with E-state index in [0.717, 1.165) is 44.9 Å². The zero-order valence-corrected chi connectivity index (χ0v) is 25.9. The predicted molar refractivity (Wildman–Crippen MR) is 150 cm³/mol. The number of ether oxygens (including phenoxy) is 7. The fourth-order valence-electron chi connectivity index (χ4n) is 4.40. The van der Waals surface area contributed by atoms with E-state index in [0.29, 0.717) is 39.1 Å². The minimum atomic E-state index is -4.20. The Balaban J connectivity index is 3.71. The number of rotatable bonds is 24. The number of esters is 1. The lowest BCUT2D eigenvalue weighted by atomic mass is 9.87. The molecule has 1 rings (SSSR count). The van der Waals surface area contributed by atoms with Crippen molar-refractivity contribution in [2.24, 2.45) is 0 Å². The fourth-order valence-corrected chi connectivity index (χ4v) is 4.40. The molecule has 238 valence electrons. The molecule has 0 aromatic heterocycles. The molecule has 0 spiro atoms. The first-order valence-electron chi connectivity index (χ1n) is 15.6. The Hall–Kier alpha value is -0.910. The molecular weight excluding hydrogens is 526 g/mol. The summed E-state index contributed by atoms with van der Waals surface area (Å²) in [4.78, 5) is 12.9. The minimum Gasteiger partial charge on any atom is -0.461 e. The quantitative estimate of drug-likeness (QED) is 0.0946. The highest BCUT2D eigenvalue weighted by atomic mass is 19.3. The van der Waals surface area contributed by atoms with Crippen LogP contribution < -0.4 is 0 Å². The van der Waals surface area contributed by atoms with Crippen molar-refractivity contribution in [3.8, 4) is 0 Å². The Morgan fingerprint density at radius 1 is 0.725 bits per heavy atom. The van der Waals surface area contributed by atoms with Gasteiger partial charge in [0.15, 0.2) is 0 Å². The Labute approximate surface area is 241 Å². The van der Waals surface area contributed by atoms with Crippen molar-refractivity contribution in [3.63, 3.8) is 0 Å². The molecule has 10 heteroatoms. The summed E-state index contributed by atoms with van der Waals surface area (Å²) >= 11 is 0. The van der Waals surface area contributed by atoms with E-state index in [-0.39, 0.29) is 26.4 Å². The first-order chi connectivity index (χ1) is 19.3. The Morgan fingerprint density at radius 2 is 1.23 bits per heavy atom. The topological polar surface area (TPSA) is 81.7 Å². The van der Waals surface area contributed by atoms with E-state index >= 15 is 8.78 Å². The van der Waals surface area contributed by atoms with Crippen molar-refractivity contribution in [1.29, 1.82) is 0 Å². The lowest BCUT2D eigenvalue weighted by Crippen LogP contribution is -2.75. The molecule has 1 aliphatic rings. The molecule has 1 fully saturated rings. The molecule has 1 aliphatic heterocycles. The fraction of sp³-hybridized carbons (Fsp3) is 0.967. The monoisotopic (exact) mass is 582 g/mol. The highest BCUT2D eigenvalue weighted by molar-refractivity contribution is 5.79. The first-order valence-corrected chi connectivity index (χ1v) is 15.6. The van der Waals surface area contributed by atoms with Crippen LogP contribution in [0, 0.1) is 0 Å². The van der Waals surface area contributed by atoms with E-state index in [1.807, 2.05) is 34.6 Å². The molecule has 0 aromatic carbocycles. The van der Waals surface area contributed by atoms with E-state index in [1.54, 1.807) is 0 Å². The van der Waals surface area contributed by atoms with Crippen LogP contribution in [0.2, 0.25) is 0 Å². The maximum atomic E-state index is 16.4. The van der Waals surface area contributed by atoms with E-state index in [4.69, 9.17) is 33.2 Å². The summed E-state index contributed by atoms with van der Waals surface area (Å²) in [7, 11) is 0. The third-order valence-corrected chi connectivity index (χ3v) is 6.81. The van der Waals surface area contributed by atoms with Crippen LogP contribution in [0.5, 0.6) is 0 Å². The predicted octanol–water partition coefficient (Wildman–Crippen LogP) is 6.47. The van der Waals surface area contributed by atoms with Crippen molar-refractivity contribution in [2.75, 3.05) is 46.2 Å². The number of unbranched alkanes of at least 4 members (excludes halogenated alkanes) is 5. The van der Waals surface area contributed by atoms with Crippen LogP contribution in [0.15, 0.2) is 0 Å². The second-order valence-corrected chi connectivity index (χ2v) is 10.3. The van der Waals surface area contributed by atoms with Gasteiger partial charge in [-0.1, -0.05) is 66.7 Å². The maximum absolute atomic E-state index is 16.4. The normalized spacial score (nSPS) is 25.3. The Morgan fingerprint density at radius 3 is 1.77 bits per heavy atom. The lowest BCUT2D eigenvalue weighted by Gasteiger charge is -2.53. The molecule has 1 saturated heterocycles. The van der Waals surface area contributed by atoms with Gasteiger partial charge < -0.3 is 33.2 Å². The van der Waals surface area contributed by atoms with Gasteiger partial charge in [-0.3, -0.25) is 0 Å². The number of halogens is 2. The van der Waals surface area contributed by atoms with Crippen LogP contribution in [0.1, 0.15) is 106 Å². The second kappa shape index (κ2) is 20.9. The average molecular weight is 583 g/mol. The molecule has 0 amide bonds. The van der Waals surface area contributed by atoms with Crippen molar-refractivity contribution in [3.05, 3.63) is 0 Å². The van der Waals surface area contributed by atoms with E-state index in [2.05, 4.69) is 0 Å². The van der Waals surface area contributed by atoms with Crippen LogP contribution in [0.4, 0.5) is 8.78 Å². The molecule has 0 bridgehead atoms. The van der Waals surface area contributed by atoms with Gasteiger partial charge in [-0.05, 0) is 39.0 Å². The van der Waals surface area contributed by atoms with Crippen molar-refractivity contribution >= 4 is 5.97 Å². The minimum absolute atomic E-state index is 0.0239. The lowest BCUT2D eigenvalue weighted by molar-refractivity contribution is -0.427. The molecule has 0 aromatic rings. The third kappa shape index (κ3) is 10.7. The van der Waals surface area contributed by atoms with E-state index in [1.165, 1.54) is 6.92 Å². The summed E-state index contributed by atoms with van der Waals surface area (Å²) in [5.41, 5.74) is 0. The van der Waals surface area contributed by atoms with Crippen LogP contribution in [-0.4, -0.2) is 88.3 Å². The van der Waals surface area contributed by atoms with Crippen molar-refractivity contribution < 1.29 is 46.7 Å². The third-order valence-electron chi connectivity index (χ3n) is 6.81. The molecular formula is C30H56F2O8. The molecule has 0 saturated carbocycles. The van der Waals surface area contributed by atoms with Gasteiger partial charge in [-0.2, -0.15) is 8.78 Å². The summed E-state index contributed by atoms with van der Waals surface area (Å²) in [6.07, 6.45) is 3.37. The molecule has 40 heavy (non-hydrogen) atoms. The number of carbonyl (C=O) groups excluding carboxylic acids is 1. The highest BCUT2D eigenvalue weighted by Gasteiger charge is 2.73. The summed E-state index contributed by atoms with van der Waals surface area (Å²) in [5, 5.41) is 0. The first kappa shape index (κ1) is 37.1. The summed E-state index contributed by atoms with van der Waals surface area (Å²) in [5.74, 6) is -8.71. The van der Waals surface area contributed by atoms with Gasteiger partial charge in [0.1, 0.15) is 24.4 Å². The largest absolute Gasteiger partial charge is 0.461 e. The van der Waals surface area contributed by atoms with Crippen molar-refractivity contribution in [1.82, 2.24) is 0 Å². The molecule has 0 aliphatic carbocycles. The molecule has 1 heterocycles. The second-order valence-electron chi connectivity index (χ2n) is 10.3. The number of alkyl halides is 2. The standard InChI is InChI=1S/C30H56F2O8/c1-7-13-18-34-23-24-25(36-19-14-8-2)26(37-20-15-9-3)27(38-21-16-10-4)30(40-24,39-22-17-11-5)29(31,32)28(33)35-12-6/h24-27H,7-23H2,1-6H3/t24?,25-,26-,27+,30+/m0/s1. The van der Waals surface area contributed by atoms with Crippen LogP contribution in [0.25, 0.3) is 0 Å². The van der Waals surface area contributed by atoms with Gasteiger partial charge in [0.25, 0.3) is 5.79 Å². The molecule has 1 unspecified atom stereocenters. The smallest absolute Gasteiger partial charge is 0.397 e. The van der Waals surface area contributed by atoms with Crippen molar-refractivity contribution in [2.45, 2.75) is 142 Å². The zero-order chi connectivity index (χ0) is 29.9. The molecule has 8 nitrogen and oxygen atoms in total. The number of hydrogen-bond acceptors (Lipinski definition) is 8. The average Bonchev–Trinajstić information content (AvgIpc) is 2.93.